The monoisotopic (exact) mass is 302 g/mol. The Kier molecular flexibility index (Phi) is 6.94. The van der Waals surface area contributed by atoms with Gasteiger partial charge in [0.15, 0.2) is 0 Å². The van der Waals surface area contributed by atoms with Gasteiger partial charge in [-0.25, -0.2) is 0 Å². The Hall–Kier alpha value is -1.84. The van der Waals surface area contributed by atoms with Gasteiger partial charge in [-0.3, -0.25) is 9.59 Å². The second-order valence-electron chi connectivity index (χ2n) is 5.85. The van der Waals surface area contributed by atoms with Crippen LogP contribution in [0.5, 0.6) is 0 Å². The zero-order valence-electron chi connectivity index (χ0n) is 13.2. The highest BCUT2D eigenvalue weighted by Gasteiger charge is 2.17. The van der Waals surface area contributed by atoms with E-state index in [2.05, 4.69) is 5.32 Å². The highest BCUT2D eigenvalue weighted by atomic mass is 16.2. The Bertz CT molecular complexity index is 463. The number of nitrogens with zero attached hydrogens (tertiary/aromatic N) is 1. The Morgan fingerprint density at radius 3 is 2.36 bits per heavy atom. The van der Waals surface area contributed by atoms with Crippen molar-refractivity contribution < 1.29 is 9.59 Å². The first-order chi connectivity index (χ1) is 10.8. The fourth-order valence-electron chi connectivity index (χ4n) is 2.77. The van der Waals surface area contributed by atoms with Crippen molar-refractivity contribution in [1.82, 2.24) is 5.32 Å². The number of anilines is 1. The number of rotatable bonds is 1. The van der Waals surface area contributed by atoms with Gasteiger partial charge in [-0.05, 0) is 37.8 Å². The van der Waals surface area contributed by atoms with Crippen molar-refractivity contribution in [2.75, 3.05) is 18.0 Å². The topological polar surface area (TPSA) is 49.4 Å². The second kappa shape index (κ2) is 9.23. The summed E-state index contributed by atoms with van der Waals surface area (Å²) in [6.45, 7) is 1.77. The van der Waals surface area contributed by atoms with Crippen LogP contribution in [-0.2, 0) is 9.59 Å². The highest BCUT2D eigenvalue weighted by Crippen LogP contribution is 2.19. The van der Waals surface area contributed by atoms with E-state index < -0.39 is 0 Å². The number of carbonyl (C=O) groups excluding carboxylic acids is 2. The van der Waals surface area contributed by atoms with Crippen molar-refractivity contribution in [3.05, 3.63) is 30.3 Å². The van der Waals surface area contributed by atoms with Crippen LogP contribution >= 0.6 is 0 Å². The van der Waals surface area contributed by atoms with Gasteiger partial charge in [0.1, 0.15) is 0 Å². The highest BCUT2D eigenvalue weighted by molar-refractivity contribution is 5.93. The van der Waals surface area contributed by atoms with Gasteiger partial charge in [0, 0.05) is 31.6 Å². The van der Waals surface area contributed by atoms with Gasteiger partial charge in [0.2, 0.25) is 11.8 Å². The summed E-state index contributed by atoms with van der Waals surface area (Å²) in [5, 5.41) is 2.81. The van der Waals surface area contributed by atoms with E-state index in [4.69, 9.17) is 0 Å². The molecule has 1 aromatic carbocycles. The van der Waals surface area contributed by atoms with E-state index >= 15 is 0 Å². The Balaban J connectivity index is 0.000000188. The van der Waals surface area contributed by atoms with Crippen molar-refractivity contribution >= 4 is 17.5 Å². The van der Waals surface area contributed by atoms with Crippen LogP contribution < -0.4 is 10.2 Å². The van der Waals surface area contributed by atoms with E-state index in [-0.39, 0.29) is 11.8 Å². The summed E-state index contributed by atoms with van der Waals surface area (Å²) in [5.41, 5.74) is 1.04. The first kappa shape index (κ1) is 16.5. The fourth-order valence-corrected chi connectivity index (χ4v) is 2.77. The van der Waals surface area contributed by atoms with Crippen LogP contribution in [0.4, 0.5) is 5.69 Å². The van der Waals surface area contributed by atoms with Crippen LogP contribution in [0.15, 0.2) is 30.3 Å². The number of hydrogen-bond donors (Lipinski definition) is 1. The standard InChI is InChI=1S/C12H15NO.C6H11NO/c14-12-9-5-2-6-10-13(12)11-7-3-1-4-8-11;8-6-4-2-1-3-5-7-6/h1,3-4,7-8H,2,5-6,9-10H2;1-5H2,(H,7,8). The molecule has 22 heavy (non-hydrogen) atoms. The molecule has 3 rings (SSSR count). The summed E-state index contributed by atoms with van der Waals surface area (Å²) in [4.78, 5) is 24.2. The maximum absolute atomic E-state index is 11.7. The minimum Gasteiger partial charge on any atom is -0.356 e. The molecule has 2 aliphatic rings. The average Bonchev–Trinajstić information content (AvgIpc) is 2.91. The van der Waals surface area contributed by atoms with E-state index in [1.807, 2.05) is 35.2 Å². The van der Waals surface area contributed by atoms with Crippen molar-refractivity contribution in [3.8, 4) is 0 Å². The van der Waals surface area contributed by atoms with E-state index in [9.17, 15) is 9.59 Å². The number of para-hydroxylation sites is 1. The van der Waals surface area contributed by atoms with Gasteiger partial charge >= 0.3 is 0 Å². The predicted molar refractivity (Wildman–Crippen MR) is 88.7 cm³/mol. The summed E-state index contributed by atoms with van der Waals surface area (Å²) in [6.07, 6.45) is 8.23. The molecule has 1 N–H and O–H groups in total. The number of amides is 2. The summed E-state index contributed by atoms with van der Waals surface area (Å²) in [6, 6.07) is 9.94. The summed E-state index contributed by atoms with van der Waals surface area (Å²) < 4.78 is 0. The lowest BCUT2D eigenvalue weighted by atomic mass is 10.2. The minimum atomic E-state index is 0.225. The molecule has 0 unspecified atom stereocenters. The Morgan fingerprint density at radius 2 is 1.55 bits per heavy atom. The molecule has 0 bridgehead atoms. The predicted octanol–water partition coefficient (Wildman–Crippen LogP) is 3.27. The zero-order valence-corrected chi connectivity index (χ0v) is 13.2. The zero-order chi connectivity index (χ0) is 15.6. The molecule has 2 fully saturated rings. The van der Waals surface area contributed by atoms with Crippen LogP contribution in [-0.4, -0.2) is 24.9 Å². The van der Waals surface area contributed by atoms with Crippen LogP contribution in [0.1, 0.15) is 51.4 Å². The quantitative estimate of drug-likeness (QED) is 0.865. The SMILES string of the molecule is O=C1CCCCCN1.O=C1CCCCCN1c1ccccc1. The third-order valence-corrected chi connectivity index (χ3v) is 4.04. The lowest BCUT2D eigenvalue weighted by Crippen LogP contribution is -2.29. The van der Waals surface area contributed by atoms with Crippen LogP contribution in [0.3, 0.4) is 0 Å². The van der Waals surface area contributed by atoms with Crippen molar-refractivity contribution in [2.45, 2.75) is 51.4 Å². The molecule has 4 nitrogen and oxygen atoms in total. The largest absolute Gasteiger partial charge is 0.356 e. The average molecular weight is 302 g/mol. The number of benzene rings is 1. The second-order valence-corrected chi connectivity index (χ2v) is 5.85. The molecule has 1 aromatic rings. The van der Waals surface area contributed by atoms with Gasteiger partial charge in [0.05, 0.1) is 0 Å². The van der Waals surface area contributed by atoms with E-state index in [1.165, 1.54) is 12.8 Å². The molecule has 0 saturated carbocycles. The molecule has 120 valence electrons. The van der Waals surface area contributed by atoms with E-state index in [1.54, 1.807) is 0 Å². The fraction of sp³-hybridized carbons (Fsp3) is 0.556. The van der Waals surface area contributed by atoms with E-state index in [0.717, 1.165) is 50.9 Å². The molecule has 2 heterocycles. The van der Waals surface area contributed by atoms with Crippen molar-refractivity contribution in [3.63, 3.8) is 0 Å². The third-order valence-electron chi connectivity index (χ3n) is 4.04. The molecule has 0 aromatic heterocycles. The molecule has 0 radical (unpaired) electrons. The van der Waals surface area contributed by atoms with Gasteiger partial charge in [-0.2, -0.15) is 0 Å². The molecule has 0 spiro atoms. The Morgan fingerprint density at radius 1 is 0.818 bits per heavy atom. The van der Waals surface area contributed by atoms with Gasteiger partial charge in [0.25, 0.3) is 0 Å². The molecule has 2 aliphatic heterocycles. The van der Waals surface area contributed by atoms with Crippen molar-refractivity contribution in [2.24, 2.45) is 0 Å². The van der Waals surface area contributed by atoms with Gasteiger partial charge < -0.3 is 10.2 Å². The normalized spacial score (nSPS) is 19.4. The lowest BCUT2D eigenvalue weighted by Gasteiger charge is -2.20. The summed E-state index contributed by atoms with van der Waals surface area (Å²) >= 11 is 0. The maximum atomic E-state index is 11.7. The molecule has 0 aliphatic carbocycles. The molecule has 4 heteroatoms. The first-order valence-electron chi connectivity index (χ1n) is 8.39. The Labute approximate surface area is 132 Å². The number of nitrogens with one attached hydrogen (secondary N) is 1. The first-order valence-corrected chi connectivity index (χ1v) is 8.39. The van der Waals surface area contributed by atoms with E-state index in [0.29, 0.717) is 6.42 Å². The molecule has 2 saturated heterocycles. The summed E-state index contributed by atoms with van der Waals surface area (Å²) in [7, 11) is 0. The molecular weight excluding hydrogens is 276 g/mol. The van der Waals surface area contributed by atoms with Crippen LogP contribution in [0.25, 0.3) is 0 Å². The molecular formula is C18H26N2O2. The third kappa shape index (κ3) is 5.51. The number of hydrogen-bond acceptors (Lipinski definition) is 2. The number of carbonyl (C=O) groups is 2. The summed E-state index contributed by atoms with van der Waals surface area (Å²) in [5.74, 6) is 0.496. The molecule has 0 atom stereocenters. The maximum Gasteiger partial charge on any atom is 0.226 e. The van der Waals surface area contributed by atoms with Gasteiger partial charge in [-0.15, -0.1) is 0 Å². The van der Waals surface area contributed by atoms with Crippen LogP contribution in [0.2, 0.25) is 0 Å². The van der Waals surface area contributed by atoms with Crippen molar-refractivity contribution in [1.29, 1.82) is 0 Å². The minimum absolute atomic E-state index is 0.225. The smallest absolute Gasteiger partial charge is 0.226 e. The van der Waals surface area contributed by atoms with Gasteiger partial charge in [-0.1, -0.05) is 31.0 Å². The molecule has 2 amide bonds. The van der Waals surface area contributed by atoms with Crippen LogP contribution in [0, 0.1) is 0 Å². The lowest BCUT2D eigenvalue weighted by molar-refractivity contribution is -0.121.